The lowest BCUT2D eigenvalue weighted by Gasteiger charge is -2.58. The molecule has 2 heterocycles. The fourth-order valence-corrected chi connectivity index (χ4v) is 6.50. The van der Waals surface area contributed by atoms with E-state index in [1.165, 1.54) is 6.92 Å². The lowest BCUT2D eigenvalue weighted by atomic mass is 9.54. The number of aliphatic hydroxyl groups excluding tert-OH is 1. The second kappa shape index (κ2) is 9.97. The van der Waals surface area contributed by atoms with E-state index in [0.29, 0.717) is 35.8 Å². The molecule has 2 aromatic rings. The fraction of sp³-hybridized carbons (Fsp3) is 0.467. The summed E-state index contributed by atoms with van der Waals surface area (Å²) in [6.07, 6.45) is 0.374. The minimum absolute atomic E-state index is 0.194. The number of likely N-dealkylation sites (tertiary alicyclic amines) is 1. The number of nitrogens with one attached hydrogen (secondary N) is 1. The molecule has 5 rings (SSSR count). The van der Waals surface area contributed by atoms with Gasteiger partial charge < -0.3 is 34.6 Å². The van der Waals surface area contributed by atoms with Crippen molar-refractivity contribution >= 4 is 11.9 Å². The van der Waals surface area contributed by atoms with Crippen LogP contribution in [0.15, 0.2) is 54.3 Å². The summed E-state index contributed by atoms with van der Waals surface area (Å²) in [5, 5.41) is 25.3. The maximum Gasteiger partial charge on any atom is 0.333 e. The molecule has 0 unspecified atom stereocenters. The van der Waals surface area contributed by atoms with Gasteiger partial charge in [0.2, 0.25) is 0 Å². The summed E-state index contributed by atoms with van der Waals surface area (Å²) in [4.78, 5) is 28.0. The Morgan fingerprint density at radius 1 is 1.21 bits per heavy atom. The molecule has 39 heavy (non-hydrogen) atoms. The first-order valence-corrected chi connectivity index (χ1v) is 13.3. The third kappa shape index (κ3) is 4.11. The van der Waals surface area contributed by atoms with Gasteiger partial charge in [-0.05, 0) is 64.1 Å². The van der Waals surface area contributed by atoms with Gasteiger partial charge >= 0.3 is 5.97 Å². The number of nitrogens with zero attached hydrogens (tertiary/aromatic N) is 1. The van der Waals surface area contributed by atoms with Crippen LogP contribution in [-0.4, -0.2) is 71.5 Å². The van der Waals surface area contributed by atoms with Crippen LogP contribution in [0.25, 0.3) is 0 Å². The quantitative estimate of drug-likeness (QED) is 0.483. The van der Waals surface area contributed by atoms with E-state index in [0.717, 1.165) is 11.1 Å². The molecular weight excluding hydrogens is 500 g/mol. The van der Waals surface area contributed by atoms with Crippen molar-refractivity contribution in [2.45, 2.75) is 68.9 Å². The zero-order chi connectivity index (χ0) is 28.1. The lowest BCUT2D eigenvalue weighted by molar-refractivity contribution is -0.163. The smallest absolute Gasteiger partial charge is 0.333 e. The number of amides is 1. The van der Waals surface area contributed by atoms with Crippen LogP contribution >= 0.6 is 0 Å². The number of piperidine rings is 1. The molecule has 6 atom stereocenters. The van der Waals surface area contributed by atoms with Crippen molar-refractivity contribution in [1.29, 1.82) is 0 Å². The number of hydrogen-bond acceptors (Lipinski definition) is 8. The molecule has 0 bridgehead atoms. The number of benzene rings is 2. The summed E-state index contributed by atoms with van der Waals surface area (Å²) in [6.45, 7) is 6.21. The summed E-state index contributed by atoms with van der Waals surface area (Å²) in [5.74, 6) is -0.00465. The number of hydrogen-bond donors (Lipinski definition) is 3. The zero-order valence-electron chi connectivity index (χ0n) is 22.9. The Balaban J connectivity index is 1.44. The molecule has 1 amide bonds. The van der Waals surface area contributed by atoms with E-state index in [1.807, 2.05) is 33.0 Å². The van der Waals surface area contributed by atoms with Crippen LogP contribution in [0.3, 0.4) is 0 Å². The molecule has 0 saturated carbocycles. The van der Waals surface area contributed by atoms with Crippen molar-refractivity contribution in [3.63, 3.8) is 0 Å². The number of likely N-dealkylation sites (N-methyl/N-ethyl adjacent to an activating group) is 1. The predicted molar refractivity (Wildman–Crippen MR) is 143 cm³/mol. The maximum absolute atomic E-state index is 13.2. The monoisotopic (exact) mass is 536 g/mol. The van der Waals surface area contributed by atoms with Crippen LogP contribution in [0, 0.1) is 6.92 Å². The number of rotatable bonds is 6. The number of carbonyl (C=O) groups is 2. The van der Waals surface area contributed by atoms with Gasteiger partial charge in [-0.1, -0.05) is 36.4 Å². The second-order valence-corrected chi connectivity index (χ2v) is 10.9. The van der Waals surface area contributed by atoms with Crippen molar-refractivity contribution in [2.24, 2.45) is 0 Å². The first-order valence-electron chi connectivity index (χ1n) is 13.3. The number of fused-ring (bicyclic) bond motifs is 1. The van der Waals surface area contributed by atoms with Gasteiger partial charge in [-0.15, -0.1) is 0 Å². The summed E-state index contributed by atoms with van der Waals surface area (Å²) < 4.78 is 18.0. The Bertz CT molecular complexity index is 1310. The molecule has 1 spiro atoms. The lowest BCUT2D eigenvalue weighted by Crippen LogP contribution is -2.71. The highest BCUT2D eigenvalue weighted by Gasteiger charge is 2.69. The van der Waals surface area contributed by atoms with Gasteiger partial charge in [0.1, 0.15) is 11.8 Å². The number of methoxy groups -OCH3 is 1. The van der Waals surface area contributed by atoms with Gasteiger partial charge in [0, 0.05) is 18.0 Å². The Labute approximate surface area is 228 Å². The largest absolute Gasteiger partial charge is 0.493 e. The molecule has 2 aromatic carbocycles. The van der Waals surface area contributed by atoms with Crippen LogP contribution in [0.5, 0.6) is 11.5 Å². The minimum Gasteiger partial charge on any atom is -0.493 e. The van der Waals surface area contributed by atoms with E-state index >= 15 is 0 Å². The van der Waals surface area contributed by atoms with Gasteiger partial charge in [-0.25, -0.2) is 4.79 Å². The number of ether oxygens (including phenoxy) is 3. The highest BCUT2D eigenvalue weighted by atomic mass is 16.6. The normalized spacial score (nSPS) is 29.1. The van der Waals surface area contributed by atoms with Crippen molar-refractivity contribution in [3.8, 4) is 11.5 Å². The van der Waals surface area contributed by atoms with E-state index in [2.05, 4.69) is 10.2 Å². The molecule has 2 aliphatic heterocycles. The Hall–Kier alpha value is -3.40. The first kappa shape index (κ1) is 27.2. The van der Waals surface area contributed by atoms with Crippen LogP contribution in [0.1, 0.15) is 49.5 Å². The standard InChI is InChI=1S/C30H36N2O7/c1-17-11-12-21(37-5)25-23(17)29-15-16-32(4)19(3)30(29,36)14-13-22(26(29)39-25)38-28(35)18(2)31-27(34)24(33)20-9-7-6-8-10-20/h6-13,18-19,24,26,33,36H,14-16H2,1-5H3,(H,31,34)/t18-,19+,24-,26-,29-,30+/m0/s1. The summed E-state index contributed by atoms with van der Waals surface area (Å²) >= 11 is 0. The Kier molecular flexibility index (Phi) is 6.95. The van der Waals surface area contributed by atoms with E-state index in [-0.39, 0.29) is 12.5 Å². The van der Waals surface area contributed by atoms with Crippen molar-refractivity contribution in [2.75, 3.05) is 20.7 Å². The summed E-state index contributed by atoms with van der Waals surface area (Å²) in [6, 6.07) is 11.1. The van der Waals surface area contributed by atoms with Crippen molar-refractivity contribution in [3.05, 3.63) is 71.0 Å². The number of aryl methyl sites for hydroxylation is 1. The van der Waals surface area contributed by atoms with E-state index in [4.69, 9.17) is 14.2 Å². The summed E-state index contributed by atoms with van der Waals surface area (Å²) in [5.41, 5.74) is 0.204. The van der Waals surface area contributed by atoms with Gasteiger partial charge in [0.15, 0.2) is 23.7 Å². The Morgan fingerprint density at radius 3 is 2.62 bits per heavy atom. The van der Waals surface area contributed by atoms with Gasteiger partial charge in [0.05, 0.1) is 18.1 Å². The second-order valence-electron chi connectivity index (χ2n) is 10.9. The van der Waals surface area contributed by atoms with Crippen LogP contribution < -0.4 is 14.8 Å². The van der Waals surface area contributed by atoms with Crippen LogP contribution in [0.4, 0.5) is 0 Å². The zero-order valence-corrected chi connectivity index (χ0v) is 22.9. The maximum atomic E-state index is 13.2. The average molecular weight is 537 g/mol. The molecule has 3 N–H and O–H groups in total. The minimum atomic E-state index is -1.42. The molecule has 9 heteroatoms. The number of carbonyl (C=O) groups excluding carboxylic acids is 2. The van der Waals surface area contributed by atoms with E-state index in [1.54, 1.807) is 43.5 Å². The molecule has 3 aliphatic rings. The number of aliphatic hydroxyl groups is 2. The summed E-state index contributed by atoms with van der Waals surface area (Å²) in [7, 11) is 3.57. The van der Waals surface area contributed by atoms with E-state index < -0.39 is 41.1 Å². The first-order chi connectivity index (χ1) is 18.5. The molecule has 1 fully saturated rings. The Morgan fingerprint density at radius 2 is 1.92 bits per heavy atom. The van der Waals surface area contributed by atoms with Crippen molar-refractivity contribution < 1.29 is 34.0 Å². The molecule has 0 radical (unpaired) electrons. The van der Waals surface area contributed by atoms with Gasteiger partial charge in [-0.2, -0.15) is 0 Å². The van der Waals surface area contributed by atoms with Crippen molar-refractivity contribution in [1.82, 2.24) is 10.2 Å². The molecule has 0 aromatic heterocycles. The third-order valence-electron chi connectivity index (χ3n) is 8.83. The topological polar surface area (TPSA) is 118 Å². The molecule has 1 saturated heterocycles. The highest BCUT2D eigenvalue weighted by molar-refractivity contribution is 5.87. The SMILES string of the molecule is COc1ccc(C)c2c1O[C@H]1C(OC(=O)[C@H](C)NC(=O)[C@@H](O)c3ccccc3)=CC[C@@]3(O)[C@@H](C)N(C)CC[C@]213. The molecule has 1 aliphatic carbocycles. The predicted octanol–water partition coefficient (Wildman–Crippen LogP) is 2.53. The van der Waals surface area contributed by atoms with E-state index in [9.17, 15) is 19.8 Å². The molecule has 208 valence electrons. The van der Waals surface area contributed by atoms with Crippen LogP contribution in [0.2, 0.25) is 0 Å². The van der Waals surface area contributed by atoms with Crippen LogP contribution in [-0.2, 0) is 19.7 Å². The fourth-order valence-electron chi connectivity index (χ4n) is 6.50. The molecule has 9 nitrogen and oxygen atoms in total. The van der Waals surface area contributed by atoms with Gasteiger partial charge in [-0.3, -0.25) is 4.79 Å². The van der Waals surface area contributed by atoms with Gasteiger partial charge in [0.25, 0.3) is 5.91 Å². The highest BCUT2D eigenvalue weighted by Crippen LogP contribution is 2.62. The number of esters is 1. The third-order valence-corrected chi connectivity index (χ3v) is 8.83. The average Bonchev–Trinajstić information content (AvgIpc) is 3.30. The molecular formula is C30H36N2O7.